The number of aliphatic hydroxyl groups excluding tert-OH is 1. The van der Waals surface area contributed by atoms with Gasteiger partial charge in [-0.2, -0.15) is 0 Å². The number of aliphatic carboxylic acids is 1. The van der Waals surface area contributed by atoms with Crippen LogP contribution in [0.3, 0.4) is 0 Å². The lowest BCUT2D eigenvalue weighted by atomic mass is 9.63. The number of carboxylic acid groups (broad SMARTS) is 1. The van der Waals surface area contributed by atoms with Crippen molar-refractivity contribution in [2.45, 2.75) is 24.4 Å². The smallest absolute Gasteiger partial charge is 0.314 e. The summed E-state index contributed by atoms with van der Waals surface area (Å²) < 4.78 is 12.7. The quantitative estimate of drug-likeness (QED) is 0.773. The van der Waals surface area contributed by atoms with Crippen molar-refractivity contribution in [1.29, 1.82) is 0 Å². The molecular weight excluding hydrogens is 199 g/mol. The summed E-state index contributed by atoms with van der Waals surface area (Å²) in [7, 11) is 0. The van der Waals surface area contributed by atoms with Crippen LogP contribution in [0.15, 0.2) is 24.3 Å². The normalized spacial score (nSPS) is 29.6. The third-order valence-electron chi connectivity index (χ3n) is 2.97. The molecule has 0 spiro atoms. The van der Waals surface area contributed by atoms with E-state index in [1.165, 1.54) is 24.3 Å². The standard InChI is InChI=1S/C11H11FO3/c12-8-3-1-7(2-4-8)11(10(14)15)5-9(13)6-11/h1-4,9,13H,5-6H2,(H,14,15)/t9-,11-. The van der Waals surface area contributed by atoms with Crippen LogP contribution >= 0.6 is 0 Å². The van der Waals surface area contributed by atoms with Crippen molar-refractivity contribution in [3.8, 4) is 0 Å². The molecule has 2 rings (SSSR count). The Kier molecular flexibility index (Phi) is 2.23. The third kappa shape index (κ3) is 1.51. The zero-order valence-corrected chi connectivity index (χ0v) is 7.98. The van der Waals surface area contributed by atoms with E-state index in [0.717, 1.165) is 0 Å². The van der Waals surface area contributed by atoms with Crippen molar-refractivity contribution < 1.29 is 19.4 Å². The number of carbonyl (C=O) groups is 1. The van der Waals surface area contributed by atoms with Crippen LogP contribution in [0, 0.1) is 5.82 Å². The molecule has 1 fully saturated rings. The Balaban J connectivity index is 2.34. The van der Waals surface area contributed by atoms with Crippen molar-refractivity contribution >= 4 is 5.97 Å². The predicted octanol–water partition coefficient (Wildman–Crippen LogP) is 1.30. The minimum atomic E-state index is -1.02. The Morgan fingerprint density at radius 3 is 2.27 bits per heavy atom. The molecule has 0 radical (unpaired) electrons. The lowest BCUT2D eigenvalue weighted by Crippen LogP contribution is -2.50. The lowest BCUT2D eigenvalue weighted by molar-refractivity contribution is -0.152. The molecule has 0 aliphatic heterocycles. The molecule has 80 valence electrons. The van der Waals surface area contributed by atoms with Crippen LogP contribution in [0.4, 0.5) is 4.39 Å². The minimum absolute atomic E-state index is 0.202. The van der Waals surface area contributed by atoms with Crippen LogP contribution in [0.5, 0.6) is 0 Å². The van der Waals surface area contributed by atoms with Crippen molar-refractivity contribution in [3.05, 3.63) is 35.6 Å². The van der Waals surface area contributed by atoms with Crippen molar-refractivity contribution in [3.63, 3.8) is 0 Å². The van der Waals surface area contributed by atoms with Gasteiger partial charge < -0.3 is 10.2 Å². The molecule has 1 aromatic carbocycles. The average Bonchev–Trinajstić information content (AvgIpc) is 2.13. The van der Waals surface area contributed by atoms with Crippen LogP contribution in [0.2, 0.25) is 0 Å². The van der Waals surface area contributed by atoms with Gasteiger partial charge in [0.1, 0.15) is 5.82 Å². The number of aliphatic hydroxyl groups is 1. The van der Waals surface area contributed by atoms with E-state index >= 15 is 0 Å². The minimum Gasteiger partial charge on any atom is -0.481 e. The highest BCUT2D eigenvalue weighted by molar-refractivity contribution is 5.83. The molecule has 0 heterocycles. The molecule has 1 saturated carbocycles. The van der Waals surface area contributed by atoms with Gasteiger partial charge in [-0.15, -0.1) is 0 Å². The van der Waals surface area contributed by atoms with Crippen molar-refractivity contribution in [2.24, 2.45) is 0 Å². The van der Waals surface area contributed by atoms with Gasteiger partial charge in [0.25, 0.3) is 0 Å². The molecule has 15 heavy (non-hydrogen) atoms. The molecule has 0 amide bonds. The lowest BCUT2D eigenvalue weighted by Gasteiger charge is -2.42. The van der Waals surface area contributed by atoms with Gasteiger partial charge in [-0.3, -0.25) is 4.79 Å². The first-order chi connectivity index (χ1) is 7.04. The van der Waals surface area contributed by atoms with Gasteiger partial charge in [-0.1, -0.05) is 12.1 Å². The monoisotopic (exact) mass is 210 g/mol. The fourth-order valence-electron chi connectivity index (χ4n) is 2.05. The van der Waals surface area contributed by atoms with Crippen LogP contribution in [-0.2, 0) is 10.2 Å². The van der Waals surface area contributed by atoms with E-state index in [1.54, 1.807) is 0 Å². The van der Waals surface area contributed by atoms with E-state index in [4.69, 9.17) is 5.11 Å². The summed E-state index contributed by atoms with van der Waals surface area (Å²) in [5.74, 6) is -1.35. The highest BCUT2D eigenvalue weighted by Gasteiger charge is 2.51. The van der Waals surface area contributed by atoms with Crippen LogP contribution < -0.4 is 0 Å². The summed E-state index contributed by atoms with van der Waals surface area (Å²) in [6.45, 7) is 0. The maximum absolute atomic E-state index is 12.7. The van der Waals surface area contributed by atoms with Crippen LogP contribution in [0.1, 0.15) is 18.4 Å². The number of benzene rings is 1. The molecule has 0 bridgehead atoms. The maximum Gasteiger partial charge on any atom is 0.314 e. The van der Waals surface area contributed by atoms with Gasteiger partial charge in [-0.25, -0.2) is 4.39 Å². The number of hydrogen-bond donors (Lipinski definition) is 2. The molecule has 0 unspecified atom stereocenters. The second kappa shape index (κ2) is 3.31. The van der Waals surface area contributed by atoms with Gasteiger partial charge in [0.15, 0.2) is 0 Å². The highest BCUT2D eigenvalue weighted by atomic mass is 19.1. The second-order valence-corrected chi connectivity index (χ2v) is 3.96. The zero-order valence-electron chi connectivity index (χ0n) is 7.98. The van der Waals surface area contributed by atoms with Gasteiger partial charge >= 0.3 is 5.97 Å². The summed E-state index contributed by atoms with van der Waals surface area (Å²) in [5.41, 5.74) is -0.464. The third-order valence-corrected chi connectivity index (χ3v) is 2.97. The predicted molar refractivity (Wildman–Crippen MR) is 51.0 cm³/mol. The maximum atomic E-state index is 12.7. The van der Waals surface area contributed by atoms with Crippen LogP contribution in [0.25, 0.3) is 0 Å². The fraction of sp³-hybridized carbons (Fsp3) is 0.364. The Labute approximate surface area is 86.2 Å². The molecule has 1 aliphatic carbocycles. The van der Waals surface area contributed by atoms with Crippen LogP contribution in [-0.4, -0.2) is 22.3 Å². The van der Waals surface area contributed by atoms with E-state index in [1.807, 2.05) is 0 Å². The average molecular weight is 210 g/mol. The summed E-state index contributed by atoms with van der Waals surface area (Å²) in [5, 5.41) is 18.3. The Hall–Kier alpha value is -1.42. The van der Waals surface area contributed by atoms with Gasteiger partial charge in [0, 0.05) is 0 Å². The highest BCUT2D eigenvalue weighted by Crippen LogP contribution is 2.44. The molecule has 3 nitrogen and oxygen atoms in total. The Morgan fingerprint density at radius 1 is 1.33 bits per heavy atom. The van der Waals surface area contributed by atoms with Gasteiger partial charge in [-0.05, 0) is 30.5 Å². The number of rotatable bonds is 2. The van der Waals surface area contributed by atoms with Crippen molar-refractivity contribution in [1.82, 2.24) is 0 Å². The van der Waals surface area contributed by atoms with E-state index < -0.39 is 17.5 Å². The number of carboxylic acids is 1. The molecule has 2 N–H and O–H groups in total. The molecule has 0 aromatic heterocycles. The SMILES string of the molecule is O=C(O)[C@]1(c2ccc(F)cc2)C[C@@H](O)C1. The molecule has 0 atom stereocenters. The number of halogens is 1. The molecule has 4 heteroatoms. The summed E-state index contributed by atoms with van der Waals surface area (Å²) in [6.07, 6.45) is -0.159. The zero-order chi connectivity index (χ0) is 11.1. The number of hydrogen-bond acceptors (Lipinski definition) is 2. The van der Waals surface area contributed by atoms with E-state index in [0.29, 0.717) is 5.56 Å². The topological polar surface area (TPSA) is 57.5 Å². The molecule has 1 aromatic rings. The molecular formula is C11H11FO3. The summed E-state index contributed by atoms with van der Waals surface area (Å²) >= 11 is 0. The fourth-order valence-corrected chi connectivity index (χ4v) is 2.05. The van der Waals surface area contributed by atoms with E-state index in [9.17, 15) is 14.3 Å². The first-order valence-corrected chi connectivity index (χ1v) is 4.72. The largest absolute Gasteiger partial charge is 0.481 e. The summed E-state index contributed by atoms with van der Waals surface area (Å²) in [4.78, 5) is 11.1. The summed E-state index contributed by atoms with van der Waals surface area (Å²) in [6, 6.07) is 5.42. The second-order valence-electron chi connectivity index (χ2n) is 3.96. The van der Waals surface area contributed by atoms with E-state index in [-0.39, 0.29) is 18.7 Å². The van der Waals surface area contributed by atoms with E-state index in [2.05, 4.69) is 0 Å². The molecule has 0 saturated heterocycles. The van der Waals surface area contributed by atoms with Crippen molar-refractivity contribution in [2.75, 3.05) is 0 Å². The first-order valence-electron chi connectivity index (χ1n) is 4.72. The first kappa shape index (κ1) is 10.1. The Bertz CT molecular complexity index is 379. The molecule has 1 aliphatic rings. The van der Waals surface area contributed by atoms with Gasteiger partial charge in [0.2, 0.25) is 0 Å². The van der Waals surface area contributed by atoms with Gasteiger partial charge in [0.05, 0.1) is 11.5 Å². The Morgan fingerprint density at radius 2 is 1.87 bits per heavy atom.